The topological polar surface area (TPSA) is 81.6 Å². The number of piperidine rings is 1. The molecule has 136 valence electrons. The van der Waals surface area contributed by atoms with Crippen LogP contribution >= 0.6 is 0 Å². The van der Waals surface area contributed by atoms with Gasteiger partial charge in [-0.2, -0.15) is 0 Å². The largest absolute Gasteiger partial charge is 0.457 e. The number of carbonyl (C=O) groups is 2. The predicted molar refractivity (Wildman–Crippen MR) is 92.9 cm³/mol. The number of aromatic nitrogens is 2. The van der Waals surface area contributed by atoms with Gasteiger partial charge in [0.25, 0.3) is 0 Å². The smallest absolute Gasteiger partial charge is 0.410 e. The van der Waals surface area contributed by atoms with Crippen LogP contribution in [0.4, 0.5) is 4.79 Å². The summed E-state index contributed by atoms with van der Waals surface area (Å²) in [5.74, 6) is 0.371. The fourth-order valence-electron chi connectivity index (χ4n) is 2.64. The van der Waals surface area contributed by atoms with Crippen LogP contribution < -0.4 is 0 Å². The molecular weight excluding hydrogens is 322 g/mol. The Morgan fingerprint density at radius 3 is 2.40 bits per heavy atom. The minimum Gasteiger partial charge on any atom is -0.457 e. The number of amides is 1. The van der Waals surface area contributed by atoms with E-state index in [1.807, 2.05) is 12.4 Å². The van der Waals surface area contributed by atoms with E-state index in [1.165, 1.54) is 0 Å². The number of carbonyl (C=O) groups excluding carboxylic acids is 2. The highest BCUT2D eigenvalue weighted by atomic mass is 16.6. The van der Waals surface area contributed by atoms with Crippen molar-refractivity contribution in [3.63, 3.8) is 0 Å². The first-order chi connectivity index (χ1) is 11.8. The number of rotatable bonds is 4. The minimum atomic E-state index is -0.592. The molecule has 7 nitrogen and oxygen atoms in total. The Labute approximate surface area is 148 Å². The molecule has 0 N–H and O–H groups in total. The number of ether oxygens (including phenoxy) is 2. The Bertz CT molecular complexity index is 614. The maximum absolute atomic E-state index is 12.1. The standard InChI is InChI=1S/C18H25N3O4/c1-5-15-19-10-14(11-20-15)13-6-8-21(9-7-13)17(23)24-12-16(22)25-18(2,3)4/h5,10-11,13H,1,6-9,12H2,2-4H3. The molecule has 1 aromatic heterocycles. The van der Waals surface area contributed by atoms with Crippen molar-refractivity contribution in [2.75, 3.05) is 19.7 Å². The van der Waals surface area contributed by atoms with E-state index in [-0.39, 0.29) is 6.61 Å². The van der Waals surface area contributed by atoms with Crippen molar-refractivity contribution in [3.8, 4) is 0 Å². The van der Waals surface area contributed by atoms with Crippen LogP contribution in [0.15, 0.2) is 19.0 Å². The third-order valence-corrected chi connectivity index (χ3v) is 3.83. The van der Waals surface area contributed by atoms with Gasteiger partial charge in [-0.05, 0) is 51.2 Å². The van der Waals surface area contributed by atoms with Crippen molar-refractivity contribution in [2.24, 2.45) is 0 Å². The molecular formula is C18H25N3O4. The van der Waals surface area contributed by atoms with Gasteiger partial charge in [-0.15, -0.1) is 0 Å². The molecule has 0 radical (unpaired) electrons. The molecule has 2 heterocycles. The molecule has 1 aliphatic rings. The summed E-state index contributed by atoms with van der Waals surface area (Å²) in [4.78, 5) is 33.7. The van der Waals surface area contributed by atoms with Crippen LogP contribution in [0.5, 0.6) is 0 Å². The Morgan fingerprint density at radius 1 is 1.28 bits per heavy atom. The highest BCUT2D eigenvalue weighted by Gasteiger charge is 2.26. The van der Waals surface area contributed by atoms with E-state index in [1.54, 1.807) is 31.7 Å². The maximum Gasteiger partial charge on any atom is 0.410 e. The van der Waals surface area contributed by atoms with Crippen LogP contribution in [0, 0.1) is 0 Å². The lowest BCUT2D eigenvalue weighted by atomic mass is 9.91. The molecule has 0 unspecified atom stereocenters. The maximum atomic E-state index is 12.1. The van der Waals surface area contributed by atoms with Gasteiger partial charge in [-0.1, -0.05) is 6.58 Å². The molecule has 0 saturated carbocycles. The average Bonchev–Trinajstić information content (AvgIpc) is 2.58. The fourth-order valence-corrected chi connectivity index (χ4v) is 2.64. The van der Waals surface area contributed by atoms with Crippen molar-refractivity contribution >= 4 is 18.1 Å². The molecule has 1 amide bonds. The molecule has 2 rings (SSSR count). The minimum absolute atomic E-state index is 0.314. The van der Waals surface area contributed by atoms with Gasteiger partial charge in [-0.25, -0.2) is 19.6 Å². The highest BCUT2D eigenvalue weighted by molar-refractivity contribution is 5.76. The Kier molecular flexibility index (Phi) is 6.12. The van der Waals surface area contributed by atoms with E-state index in [0.717, 1.165) is 18.4 Å². The number of hydrogen-bond acceptors (Lipinski definition) is 6. The third kappa shape index (κ3) is 5.85. The summed E-state index contributed by atoms with van der Waals surface area (Å²) in [7, 11) is 0. The molecule has 0 aliphatic carbocycles. The van der Waals surface area contributed by atoms with Gasteiger partial charge in [0.1, 0.15) is 5.60 Å². The summed E-state index contributed by atoms with van der Waals surface area (Å²) in [6.07, 6.45) is 6.35. The first kappa shape index (κ1) is 18.9. The van der Waals surface area contributed by atoms with Crippen molar-refractivity contribution in [1.82, 2.24) is 14.9 Å². The normalized spacial score (nSPS) is 15.6. The van der Waals surface area contributed by atoms with E-state index in [0.29, 0.717) is 24.8 Å². The second kappa shape index (κ2) is 8.09. The Hall–Kier alpha value is -2.44. The van der Waals surface area contributed by atoms with Crippen LogP contribution in [-0.4, -0.2) is 52.2 Å². The SMILES string of the molecule is C=Cc1ncc(C2CCN(C(=O)OCC(=O)OC(C)(C)C)CC2)cn1. The molecule has 0 atom stereocenters. The molecule has 1 fully saturated rings. The van der Waals surface area contributed by atoms with Gasteiger partial charge in [-0.3, -0.25) is 0 Å². The van der Waals surface area contributed by atoms with E-state index in [4.69, 9.17) is 9.47 Å². The summed E-state index contributed by atoms with van der Waals surface area (Å²) in [5.41, 5.74) is 0.470. The Morgan fingerprint density at radius 2 is 1.88 bits per heavy atom. The highest BCUT2D eigenvalue weighted by Crippen LogP contribution is 2.27. The second-order valence-electron chi connectivity index (χ2n) is 6.98. The van der Waals surface area contributed by atoms with Crippen molar-refractivity contribution in [1.29, 1.82) is 0 Å². The lowest BCUT2D eigenvalue weighted by Crippen LogP contribution is -2.39. The summed E-state index contributed by atoms with van der Waals surface area (Å²) in [5, 5.41) is 0. The van der Waals surface area contributed by atoms with Gasteiger partial charge in [0.2, 0.25) is 0 Å². The van der Waals surface area contributed by atoms with Crippen LogP contribution in [0.1, 0.15) is 50.9 Å². The zero-order chi connectivity index (χ0) is 18.4. The summed E-state index contributed by atoms with van der Waals surface area (Å²) >= 11 is 0. The molecule has 0 bridgehead atoms. The second-order valence-corrected chi connectivity index (χ2v) is 6.98. The molecule has 1 aromatic rings. The summed E-state index contributed by atoms with van der Waals surface area (Å²) < 4.78 is 10.2. The first-order valence-electron chi connectivity index (χ1n) is 8.36. The van der Waals surface area contributed by atoms with Crippen LogP contribution in [0.3, 0.4) is 0 Å². The number of nitrogens with zero attached hydrogens (tertiary/aromatic N) is 3. The average molecular weight is 347 g/mol. The van der Waals surface area contributed by atoms with Crippen LogP contribution in [-0.2, 0) is 14.3 Å². The molecule has 1 saturated heterocycles. The third-order valence-electron chi connectivity index (χ3n) is 3.83. The predicted octanol–water partition coefficient (Wildman–Crippen LogP) is 2.78. The van der Waals surface area contributed by atoms with Gasteiger partial charge >= 0.3 is 12.1 Å². The summed E-state index contributed by atoms with van der Waals surface area (Å²) in [6.45, 7) is 9.71. The molecule has 25 heavy (non-hydrogen) atoms. The van der Waals surface area contributed by atoms with Crippen LogP contribution in [0.2, 0.25) is 0 Å². The Balaban J connectivity index is 1.78. The van der Waals surface area contributed by atoms with Crippen molar-refractivity contribution in [2.45, 2.75) is 45.1 Å². The van der Waals surface area contributed by atoms with Gasteiger partial charge < -0.3 is 14.4 Å². The number of hydrogen-bond donors (Lipinski definition) is 0. The van der Waals surface area contributed by atoms with Gasteiger partial charge in [0.05, 0.1) is 0 Å². The summed E-state index contributed by atoms with van der Waals surface area (Å²) in [6, 6.07) is 0. The quantitative estimate of drug-likeness (QED) is 0.779. The van der Waals surface area contributed by atoms with E-state index >= 15 is 0 Å². The zero-order valence-corrected chi connectivity index (χ0v) is 15.0. The molecule has 0 aromatic carbocycles. The monoisotopic (exact) mass is 347 g/mol. The number of esters is 1. The van der Waals surface area contributed by atoms with E-state index < -0.39 is 17.7 Å². The fraction of sp³-hybridized carbons (Fsp3) is 0.556. The molecule has 0 spiro atoms. The van der Waals surface area contributed by atoms with Crippen molar-refractivity contribution < 1.29 is 19.1 Å². The van der Waals surface area contributed by atoms with Crippen LogP contribution in [0.25, 0.3) is 6.08 Å². The van der Waals surface area contributed by atoms with Crippen molar-refractivity contribution in [3.05, 3.63) is 30.4 Å². The lowest BCUT2D eigenvalue weighted by molar-refractivity contribution is -0.158. The number of likely N-dealkylation sites (tertiary alicyclic amines) is 1. The van der Waals surface area contributed by atoms with Gasteiger partial charge in [0, 0.05) is 25.5 Å². The lowest BCUT2D eigenvalue weighted by Gasteiger charge is -2.31. The van der Waals surface area contributed by atoms with E-state index in [2.05, 4.69) is 16.5 Å². The van der Waals surface area contributed by atoms with E-state index in [9.17, 15) is 9.59 Å². The zero-order valence-electron chi connectivity index (χ0n) is 15.0. The molecule has 7 heteroatoms. The van der Waals surface area contributed by atoms with Gasteiger partial charge in [0.15, 0.2) is 12.4 Å². The first-order valence-corrected chi connectivity index (χ1v) is 8.36. The molecule has 1 aliphatic heterocycles.